The number of carboxylic acid groups (broad SMARTS) is 1. The Morgan fingerprint density at radius 1 is 1.29 bits per heavy atom. The largest absolute Gasteiger partial charge is 0.508 e. The van der Waals surface area contributed by atoms with Gasteiger partial charge in [-0.2, -0.15) is 0 Å². The van der Waals surface area contributed by atoms with Gasteiger partial charge in [0.2, 0.25) is 5.91 Å². The number of carboxylic acids is 1. The number of nitrogens with one attached hydrogen (secondary N) is 1. The maximum absolute atomic E-state index is 11.7. The lowest BCUT2D eigenvalue weighted by Gasteiger charge is -2.18. The highest BCUT2D eigenvalue weighted by molar-refractivity contribution is 5.87. The Morgan fingerprint density at radius 3 is 2.48 bits per heavy atom. The molecule has 0 fully saturated rings. The van der Waals surface area contributed by atoms with Gasteiger partial charge >= 0.3 is 5.97 Å². The van der Waals surface area contributed by atoms with Crippen molar-refractivity contribution in [2.24, 2.45) is 11.5 Å². The Hall–Kier alpha value is -2.32. The van der Waals surface area contributed by atoms with Gasteiger partial charge in [-0.25, -0.2) is 4.79 Å². The van der Waals surface area contributed by atoms with E-state index in [0.717, 1.165) is 6.07 Å². The number of benzene rings is 1. The number of carbonyl (C=O) groups excluding carboxylic acids is 1. The second kappa shape index (κ2) is 7.46. The minimum atomic E-state index is -1.25. The molecular formula is C13H19N3O5. The predicted molar refractivity (Wildman–Crippen MR) is 74.7 cm³/mol. The Labute approximate surface area is 121 Å². The summed E-state index contributed by atoms with van der Waals surface area (Å²) in [4.78, 5) is 22.9. The average molecular weight is 297 g/mol. The topological polar surface area (TPSA) is 159 Å². The molecule has 1 rings (SSSR count). The molecule has 1 aromatic carbocycles. The first kappa shape index (κ1) is 16.7. The molecule has 0 bridgehead atoms. The summed E-state index contributed by atoms with van der Waals surface area (Å²) in [6, 6.07) is 1.67. The first-order valence-corrected chi connectivity index (χ1v) is 6.34. The van der Waals surface area contributed by atoms with E-state index < -0.39 is 24.0 Å². The van der Waals surface area contributed by atoms with Crippen molar-refractivity contribution >= 4 is 11.9 Å². The lowest BCUT2D eigenvalue weighted by Crippen LogP contribution is -2.49. The number of hydrogen-bond donors (Lipinski definition) is 6. The molecule has 8 N–H and O–H groups in total. The first-order valence-electron chi connectivity index (χ1n) is 6.34. The fraction of sp³-hybridized carbons (Fsp3) is 0.385. The van der Waals surface area contributed by atoms with Gasteiger partial charge in [0.1, 0.15) is 17.5 Å². The van der Waals surface area contributed by atoms with Gasteiger partial charge in [-0.05, 0) is 24.6 Å². The van der Waals surface area contributed by atoms with Crippen LogP contribution in [-0.4, -0.2) is 45.8 Å². The van der Waals surface area contributed by atoms with Crippen molar-refractivity contribution in [1.82, 2.24) is 5.32 Å². The standard InChI is InChI=1S/C13H19N3O5/c14-4-3-9(15)12(19)16-10(13(20)21)5-7-1-2-8(17)6-11(7)18/h1-2,6,9-10,17-18H,3-5,14-15H2,(H,16,19)(H,20,21)/t9-,10-/m0/s1. The van der Waals surface area contributed by atoms with E-state index in [2.05, 4.69) is 5.32 Å². The van der Waals surface area contributed by atoms with E-state index >= 15 is 0 Å². The zero-order valence-electron chi connectivity index (χ0n) is 11.3. The monoisotopic (exact) mass is 297 g/mol. The highest BCUT2D eigenvalue weighted by Crippen LogP contribution is 2.23. The molecule has 21 heavy (non-hydrogen) atoms. The summed E-state index contributed by atoms with van der Waals surface area (Å²) < 4.78 is 0. The van der Waals surface area contributed by atoms with Gasteiger partial charge in [0.25, 0.3) is 0 Å². The van der Waals surface area contributed by atoms with Gasteiger partial charge in [-0.15, -0.1) is 0 Å². The molecule has 2 atom stereocenters. The zero-order chi connectivity index (χ0) is 16.0. The van der Waals surface area contributed by atoms with E-state index in [1.807, 2.05) is 0 Å². The van der Waals surface area contributed by atoms with Crippen LogP contribution in [0.4, 0.5) is 0 Å². The molecule has 0 heterocycles. The molecule has 8 nitrogen and oxygen atoms in total. The van der Waals surface area contributed by atoms with Crippen molar-refractivity contribution in [2.75, 3.05) is 6.54 Å². The molecule has 0 aliphatic rings. The summed E-state index contributed by atoms with van der Waals surface area (Å²) in [6.07, 6.45) is 0.102. The van der Waals surface area contributed by atoms with Gasteiger partial charge < -0.3 is 32.1 Å². The molecule has 1 aromatic rings. The van der Waals surface area contributed by atoms with E-state index in [1.54, 1.807) is 0 Å². The lowest BCUT2D eigenvalue weighted by atomic mass is 10.0. The molecule has 0 unspecified atom stereocenters. The fourth-order valence-corrected chi connectivity index (χ4v) is 1.73. The van der Waals surface area contributed by atoms with Crippen LogP contribution in [0.15, 0.2) is 18.2 Å². The summed E-state index contributed by atoms with van der Waals surface area (Å²) in [5, 5.41) is 30.3. The van der Waals surface area contributed by atoms with Crippen LogP contribution in [-0.2, 0) is 16.0 Å². The lowest BCUT2D eigenvalue weighted by molar-refractivity contribution is -0.142. The van der Waals surface area contributed by atoms with Crippen LogP contribution < -0.4 is 16.8 Å². The van der Waals surface area contributed by atoms with Crippen molar-refractivity contribution in [3.05, 3.63) is 23.8 Å². The SMILES string of the molecule is NCC[C@H](N)C(=O)N[C@@H](Cc1ccc(O)cc1O)C(=O)O. The summed E-state index contributed by atoms with van der Waals surface area (Å²) >= 11 is 0. The normalized spacial score (nSPS) is 13.4. The highest BCUT2D eigenvalue weighted by Gasteiger charge is 2.24. The number of carbonyl (C=O) groups is 2. The number of rotatable bonds is 7. The molecule has 0 aliphatic carbocycles. The van der Waals surface area contributed by atoms with Crippen LogP contribution in [0.3, 0.4) is 0 Å². The molecule has 0 aliphatic heterocycles. The molecule has 0 spiro atoms. The van der Waals surface area contributed by atoms with E-state index in [1.165, 1.54) is 12.1 Å². The maximum atomic E-state index is 11.7. The molecule has 116 valence electrons. The van der Waals surface area contributed by atoms with E-state index in [9.17, 15) is 19.8 Å². The minimum Gasteiger partial charge on any atom is -0.508 e. The number of nitrogens with two attached hydrogens (primary N) is 2. The van der Waals surface area contributed by atoms with Gasteiger partial charge in [-0.1, -0.05) is 6.07 Å². The Kier molecular flexibility index (Phi) is 5.94. The minimum absolute atomic E-state index is 0.136. The Bertz CT molecular complexity index is 521. The molecule has 0 saturated heterocycles. The number of amides is 1. The third-order valence-electron chi connectivity index (χ3n) is 2.92. The average Bonchev–Trinajstić information content (AvgIpc) is 2.40. The third kappa shape index (κ3) is 4.93. The summed E-state index contributed by atoms with van der Waals surface area (Å²) in [6.45, 7) is 0.213. The van der Waals surface area contributed by atoms with E-state index in [-0.39, 0.29) is 36.4 Å². The van der Waals surface area contributed by atoms with Crippen molar-refractivity contribution < 1.29 is 24.9 Å². The highest BCUT2D eigenvalue weighted by atomic mass is 16.4. The number of phenolic OH excluding ortho intramolecular Hbond substituents is 2. The predicted octanol–water partition coefficient (Wildman–Crippen LogP) is -1.11. The molecule has 0 radical (unpaired) electrons. The van der Waals surface area contributed by atoms with Crippen LogP contribution in [0.2, 0.25) is 0 Å². The van der Waals surface area contributed by atoms with Crippen molar-refractivity contribution in [1.29, 1.82) is 0 Å². The number of phenols is 2. The number of hydrogen-bond acceptors (Lipinski definition) is 6. The molecule has 1 amide bonds. The van der Waals surface area contributed by atoms with Crippen LogP contribution in [0, 0.1) is 0 Å². The van der Waals surface area contributed by atoms with Crippen molar-refractivity contribution in [3.63, 3.8) is 0 Å². The fourth-order valence-electron chi connectivity index (χ4n) is 1.73. The Balaban J connectivity index is 2.78. The van der Waals surface area contributed by atoms with Gasteiger partial charge in [-0.3, -0.25) is 4.79 Å². The van der Waals surface area contributed by atoms with Gasteiger partial charge in [0.05, 0.1) is 6.04 Å². The second-order valence-corrected chi connectivity index (χ2v) is 4.60. The molecule has 8 heteroatoms. The van der Waals surface area contributed by atoms with Gasteiger partial charge in [0, 0.05) is 12.5 Å². The summed E-state index contributed by atoms with van der Waals surface area (Å²) in [5.74, 6) is -2.26. The van der Waals surface area contributed by atoms with Crippen molar-refractivity contribution in [2.45, 2.75) is 24.9 Å². The van der Waals surface area contributed by atoms with Crippen LogP contribution >= 0.6 is 0 Å². The van der Waals surface area contributed by atoms with E-state index in [0.29, 0.717) is 0 Å². The van der Waals surface area contributed by atoms with Crippen LogP contribution in [0.5, 0.6) is 11.5 Å². The first-order chi connectivity index (χ1) is 9.85. The van der Waals surface area contributed by atoms with Crippen molar-refractivity contribution in [3.8, 4) is 11.5 Å². The number of aromatic hydroxyl groups is 2. The quantitative estimate of drug-likeness (QED) is 0.372. The number of aliphatic carboxylic acids is 1. The summed E-state index contributed by atoms with van der Waals surface area (Å²) in [7, 11) is 0. The molecular weight excluding hydrogens is 278 g/mol. The Morgan fingerprint density at radius 2 is 1.95 bits per heavy atom. The smallest absolute Gasteiger partial charge is 0.326 e. The second-order valence-electron chi connectivity index (χ2n) is 4.60. The molecule has 0 aromatic heterocycles. The van der Waals surface area contributed by atoms with Crippen LogP contribution in [0.25, 0.3) is 0 Å². The van der Waals surface area contributed by atoms with E-state index in [4.69, 9.17) is 16.6 Å². The third-order valence-corrected chi connectivity index (χ3v) is 2.92. The summed E-state index contributed by atoms with van der Waals surface area (Å²) in [5.41, 5.74) is 11.1. The van der Waals surface area contributed by atoms with Crippen LogP contribution in [0.1, 0.15) is 12.0 Å². The van der Waals surface area contributed by atoms with Gasteiger partial charge in [0.15, 0.2) is 0 Å². The molecule has 0 saturated carbocycles. The maximum Gasteiger partial charge on any atom is 0.326 e. The zero-order valence-corrected chi connectivity index (χ0v) is 11.3.